The van der Waals surface area contributed by atoms with Crippen molar-refractivity contribution in [1.29, 1.82) is 0 Å². The smallest absolute Gasteiger partial charge is 0.262 e. The molecular formula is C18H20FNO2. The molecule has 1 N–H and O–H groups in total. The average Bonchev–Trinajstić information content (AvgIpc) is 2.46. The van der Waals surface area contributed by atoms with Crippen LogP contribution in [0.25, 0.3) is 0 Å². The molecule has 0 saturated carbocycles. The number of hydrogen-bond acceptors (Lipinski definition) is 2. The molecule has 2 rings (SSSR count). The number of benzene rings is 2. The highest BCUT2D eigenvalue weighted by Crippen LogP contribution is 2.23. The topological polar surface area (TPSA) is 38.3 Å². The molecule has 0 spiro atoms. The molecule has 0 fully saturated rings. The maximum absolute atomic E-state index is 12.8. The predicted octanol–water partition coefficient (Wildman–Crippen LogP) is 4.14. The molecule has 0 aromatic heterocycles. The van der Waals surface area contributed by atoms with E-state index in [2.05, 4.69) is 26.1 Å². The monoisotopic (exact) mass is 301 g/mol. The van der Waals surface area contributed by atoms with Crippen molar-refractivity contribution in [2.75, 3.05) is 11.9 Å². The van der Waals surface area contributed by atoms with Crippen LogP contribution >= 0.6 is 0 Å². The second-order valence-electron chi connectivity index (χ2n) is 6.12. The van der Waals surface area contributed by atoms with Crippen LogP contribution in [0.1, 0.15) is 26.3 Å². The van der Waals surface area contributed by atoms with Crippen LogP contribution in [0.2, 0.25) is 0 Å². The Morgan fingerprint density at radius 2 is 1.64 bits per heavy atom. The van der Waals surface area contributed by atoms with Gasteiger partial charge in [0.25, 0.3) is 5.91 Å². The van der Waals surface area contributed by atoms with Crippen molar-refractivity contribution in [3.05, 3.63) is 59.9 Å². The van der Waals surface area contributed by atoms with Crippen LogP contribution in [0.3, 0.4) is 0 Å². The molecule has 1 amide bonds. The molecule has 0 aliphatic heterocycles. The van der Waals surface area contributed by atoms with Gasteiger partial charge >= 0.3 is 0 Å². The first-order valence-corrected chi connectivity index (χ1v) is 7.13. The van der Waals surface area contributed by atoms with E-state index in [1.54, 1.807) is 0 Å². The first-order valence-electron chi connectivity index (χ1n) is 7.13. The second kappa shape index (κ2) is 6.60. The Hall–Kier alpha value is -2.36. The highest BCUT2D eigenvalue weighted by molar-refractivity contribution is 5.91. The van der Waals surface area contributed by atoms with Crippen molar-refractivity contribution in [3.8, 4) is 5.75 Å². The summed E-state index contributed by atoms with van der Waals surface area (Å²) in [4.78, 5) is 11.8. The SMILES string of the molecule is CC(C)(C)c1ccc(NC(=O)COc2ccc(F)cc2)cc1. The van der Waals surface area contributed by atoms with Crippen molar-refractivity contribution in [2.24, 2.45) is 0 Å². The fraction of sp³-hybridized carbons (Fsp3) is 0.278. The van der Waals surface area contributed by atoms with Crippen LogP contribution in [-0.4, -0.2) is 12.5 Å². The van der Waals surface area contributed by atoms with Crippen LogP contribution in [-0.2, 0) is 10.2 Å². The third-order valence-corrected chi connectivity index (χ3v) is 3.22. The van der Waals surface area contributed by atoms with Gasteiger partial charge in [-0.25, -0.2) is 4.39 Å². The van der Waals surface area contributed by atoms with Crippen LogP contribution in [0, 0.1) is 5.82 Å². The van der Waals surface area contributed by atoms with Gasteiger partial charge in [-0.2, -0.15) is 0 Å². The molecule has 0 bridgehead atoms. The fourth-order valence-corrected chi connectivity index (χ4v) is 1.93. The highest BCUT2D eigenvalue weighted by atomic mass is 19.1. The molecule has 0 radical (unpaired) electrons. The normalized spacial score (nSPS) is 11.1. The molecule has 22 heavy (non-hydrogen) atoms. The Balaban J connectivity index is 1.88. The molecule has 2 aromatic rings. The number of anilines is 1. The zero-order valence-electron chi connectivity index (χ0n) is 13.0. The zero-order valence-corrected chi connectivity index (χ0v) is 13.0. The van der Waals surface area contributed by atoms with Crippen molar-refractivity contribution >= 4 is 11.6 Å². The van der Waals surface area contributed by atoms with Gasteiger partial charge in [0.15, 0.2) is 6.61 Å². The summed E-state index contributed by atoms with van der Waals surface area (Å²) in [6, 6.07) is 13.3. The number of carbonyl (C=O) groups excluding carboxylic acids is 1. The molecule has 0 aliphatic rings. The number of rotatable bonds is 4. The molecule has 0 aliphatic carbocycles. The number of carbonyl (C=O) groups is 1. The summed E-state index contributed by atoms with van der Waals surface area (Å²) in [5.74, 6) is -0.136. The fourth-order valence-electron chi connectivity index (χ4n) is 1.93. The Morgan fingerprint density at radius 3 is 2.18 bits per heavy atom. The van der Waals surface area contributed by atoms with Crippen molar-refractivity contribution < 1.29 is 13.9 Å². The van der Waals surface area contributed by atoms with Crippen molar-refractivity contribution in [1.82, 2.24) is 0 Å². The molecule has 0 unspecified atom stereocenters. The van der Waals surface area contributed by atoms with Crippen LogP contribution in [0.4, 0.5) is 10.1 Å². The lowest BCUT2D eigenvalue weighted by Gasteiger charge is -2.19. The maximum Gasteiger partial charge on any atom is 0.262 e. The molecule has 0 saturated heterocycles. The lowest BCUT2D eigenvalue weighted by atomic mass is 9.87. The van der Waals surface area contributed by atoms with Crippen molar-refractivity contribution in [2.45, 2.75) is 26.2 Å². The number of ether oxygens (including phenoxy) is 1. The summed E-state index contributed by atoms with van der Waals surface area (Å²) in [7, 11) is 0. The minimum absolute atomic E-state index is 0.0776. The van der Waals surface area contributed by atoms with Gasteiger partial charge in [0.1, 0.15) is 11.6 Å². The third-order valence-electron chi connectivity index (χ3n) is 3.22. The first-order chi connectivity index (χ1) is 10.3. The Bertz CT molecular complexity index is 628. The van der Waals surface area contributed by atoms with Gasteiger partial charge in [-0.1, -0.05) is 32.9 Å². The van der Waals surface area contributed by atoms with E-state index < -0.39 is 0 Å². The lowest BCUT2D eigenvalue weighted by molar-refractivity contribution is -0.118. The summed E-state index contributed by atoms with van der Waals surface area (Å²) in [5.41, 5.74) is 2.00. The number of nitrogens with one attached hydrogen (secondary N) is 1. The van der Waals surface area contributed by atoms with Gasteiger partial charge < -0.3 is 10.1 Å². The van der Waals surface area contributed by atoms with E-state index in [0.29, 0.717) is 5.75 Å². The quantitative estimate of drug-likeness (QED) is 0.921. The second-order valence-corrected chi connectivity index (χ2v) is 6.12. The van der Waals surface area contributed by atoms with E-state index in [1.807, 2.05) is 24.3 Å². The third kappa shape index (κ3) is 4.58. The van der Waals surface area contributed by atoms with E-state index in [0.717, 1.165) is 5.69 Å². The molecule has 0 heterocycles. The summed E-state index contributed by atoms with van der Waals surface area (Å²) in [6.45, 7) is 6.29. The summed E-state index contributed by atoms with van der Waals surface area (Å²) in [6.07, 6.45) is 0. The lowest BCUT2D eigenvalue weighted by Crippen LogP contribution is -2.20. The summed E-state index contributed by atoms with van der Waals surface area (Å²) in [5, 5.41) is 2.76. The molecule has 3 nitrogen and oxygen atoms in total. The van der Waals surface area contributed by atoms with E-state index in [9.17, 15) is 9.18 Å². The minimum atomic E-state index is -0.337. The minimum Gasteiger partial charge on any atom is -0.484 e. The Morgan fingerprint density at radius 1 is 1.05 bits per heavy atom. The Labute approximate surface area is 130 Å². The predicted molar refractivity (Wildman–Crippen MR) is 85.7 cm³/mol. The largest absolute Gasteiger partial charge is 0.484 e. The van der Waals surface area contributed by atoms with Crippen LogP contribution in [0.5, 0.6) is 5.75 Å². The van der Waals surface area contributed by atoms with Crippen LogP contribution < -0.4 is 10.1 Å². The molecule has 116 valence electrons. The zero-order chi connectivity index (χ0) is 16.2. The number of halogens is 1. The molecule has 4 heteroatoms. The van der Waals surface area contributed by atoms with E-state index >= 15 is 0 Å². The average molecular weight is 301 g/mol. The molecule has 2 aromatic carbocycles. The van der Waals surface area contributed by atoms with Crippen LogP contribution in [0.15, 0.2) is 48.5 Å². The maximum atomic E-state index is 12.8. The van der Waals surface area contributed by atoms with E-state index in [-0.39, 0.29) is 23.7 Å². The number of amides is 1. The van der Waals surface area contributed by atoms with Gasteiger partial charge in [-0.3, -0.25) is 4.79 Å². The Kier molecular flexibility index (Phi) is 4.81. The highest BCUT2D eigenvalue weighted by Gasteiger charge is 2.13. The van der Waals surface area contributed by atoms with Gasteiger partial charge in [-0.05, 0) is 47.4 Å². The molecule has 0 atom stereocenters. The first kappa shape index (κ1) is 16.0. The standard InChI is InChI=1S/C18H20FNO2/c1-18(2,3)13-4-8-15(9-5-13)20-17(21)12-22-16-10-6-14(19)7-11-16/h4-11H,12H2,1-3H3,(H,20,21). The van der Waals surface area contributed by atoms with E-state index in [1.165, 1.54) is 29.8 Å². The van der Waals surface area contributed by atoms with Gasteiger partial charge in [0.05, 0.1) is 0 Å². The number of hydrogen-bond donors (Lipinski definition) is 1. The van der Waals surface area contributed by atoms with Gasteiger partial charge in [0.2, 0.25) is 0 Å². The molecular weight excluding hydrogens is 281 g/mol. The van der Waals surface area contributed by atoms with E-state index in [4.69, 9.17) is 4.74 Å². The van der Waals surface area contributed by atoms with Crippen molar-refractivity contribution in [3.63, 3.8) is 0 Å². The summed E-state index contributed by atoms with van der Waals surface area (Å²) < 4.78 is 18.0. The summed E-state index contributed by atoms with van der Waals surface area (Å²) >= 11 is 0. The van der Waals surface area contributed by atoms with Gasteiger partial charge in [-0.15, -0.1) is 0 Å². The van der Waals surface area contributed by atoms with Gasteiger partial charge in [0, 0.05) is 5.69 Å².